The van der Waals surface area contributed by atoms with Crippen LogP contribution in [0.25, 0.3) is 0 Å². The lowest BCUT2D eigenvalue weighted by molar-refractivity contribution is 0.189. The Morgan fingerprint density at radius 1 is 1.47 bits per heavy atom. The number of alkyl halides is 2. The van der Waals surface area contributed by atoms with Crippen LogP contribution in [-0.4, -0.2) is 18.5 Å². The molecule has 17 heavy (non-hydrogen) atoms. The first-order valence-corrected chi connectivity index (χ1v) is 6.07. The van der Waals surface area contributed by atoms with Crippen LogP contribution < -0.4 is 5.84 Å². The van der Waals surface area contributed by atoms with E-state index in [0.29, 0.717) is 5.57 Å². The van der Waals surface area contributed by atoms with Gasteiger partial charge in [0.05, 0.1) is 0 Å². The van der Waals surface area contributed by atoms with Crippen molar-refractivity contribution in [3.63, 3.8) is 0 Å². The average molecular weight is 267 g/mol. The predicted octanol–water partition coefficient (Wildman–Crippen LogP) is 3.89. The zero-order chi connectivity index (χ0) is 13.6. The molecule has 1 unspecified atom stereocenters. The molecule has 100 valence electrons. The Hall–Kier alpha value is -0.610. The second-order valence-corrected chi connectivity index (χ2v) is 4.41. The van der Waals surface area contributed by atoms with E-state index in [1.807, 2.05) is 13.8 Å². The Labute approximate surface area is 107 Å². The van der Waals surface area contributed by atoms with Crippen molar-refractivity contribution >= 4 is 11.6 Å². The molecule has 0 aromatic carbocycles. The maximum absolute atomic E-state index is 13.0. The Kier molecular flexibility index (Phi) is 7.39. The van der Waals surface area contributed by atoms with Crippen LogP contribution in [0.4, 0.5) is 8.78 Å². The van der Waals surface area contributed by atoms with Crippen molar-refractivity contribution in [1.82, 2.24) is 5.01 Å². The summed E-state index contributed by atoms with van der Waals surface area (Å²) in [6, 6.07) is 0. The normalized spacial score (nSPS) is 15.9. The topological polar surface area (TPSA) is 29.3 Å². The van der Waals surface area contributed by atoms with Gasteiger partial charge in [-0.05, 0) is 24.8 Å². The molecule has 0 heterocycles. The smallest absolute Gasteiger partial charge is 0.263 e. The SMILES string of the molecule is C/C=C(\C(=C(Cl)N(C)N)C(C)CCC)C(F)F. The lowest BCUT2D eigenvalue weighted by atomic mass is 9.91. The minimum Gasteiger partial charge on any atom is -0.304 e. The average Bonchev–Trinajstić information content (AvgIpc) is 2.24. The lowest BCUT2D eigenvalue weighted by Crippen LogP contribution is -2.26. The van der Waals surface area contributed by atoms with Crippen molar-refractivity contribution in [2.24, 2.45) is 11.8 Å². The number of hydrogen-bond acceptors (Lipinski definition) is 2. The number of nitrogens with zero attached hydrogens (tertiary/aromatic N) is 1. The van der Waals surface area contributed by atoms with Crippen molar-refractivity contribution in [2.45, 2.75) is 40.0 Å². The molecule has 0 aliphatic heterocycles. The molecule has 2 N–H and O–H groups in total. The summed E-state index contributed by atoms with van der Waals surface area (Å²) in [4.78, 5) is 0. The fourth-order valence-electron chi connectivity index (χ4n) is 1.77. The summed E-state index contributed by atoms with van der Waals surface area (Å²) in [5, 5.41) is 1.36. The highest BCUT2D eigenvalue weighted by Crippen LogP contribution is 2.32. The van der Waals surface area contributed by atoms with Crippen LogP contribution in [0.1, 0.15) is 33.6 Å². The van der Waals surface area contributed by atoms with Gasteiger partial charge in [0, 0.05) is 12.6 Å². The van der Waals surface area contributed by atoms with Gasteiger partial charge in [-0.2, -0.15) is 0 Å². The van der Waals surface area contributed by atoms with Gasteiger partial charge >= 0.3 is 0 Å². The summed E-state index contributed by atoms with van der Waals surface area (Å²) < 4.78 is 25.9. The van der Waals surface area contributed by atoms with E-state index in [4.69, 9.17) is 17.4 Å². The Balaban J connectivity index is 5.47. The molecule has 2 nitrogen and oxygen atoms in total. The Morgan fingerprint density at radius 3 is 2.29 bits per heavy atom. The molecule has 0 fully saturated rings. The van der Waals surface area contributed by atoms with E-state index >= 15 is 0 Å². The maximum atomic E-state index is 13.0. The van der Waals surface area contributed by atoms with Crippen LogP contribution >= 0.6 is 11.6 Å². The van der Waals surface area contributed by atoms with Crippen LogP contribution in [0.5, 0.6) is 0 Å². The highest BCUT2D eigenvalue weighted by Gasteiger charge is 2.24. The first-order valence-electron chi connectivity index (χ1n) is 5.69. The van der Waals surface area contributed by atoms with Crippen molar-refractivity contribution in [1.29, 1.82) is 0 Å². The summed E-state index contributed by atoms with van der Waals surface area (Å²) in [6.07, 6.45) is 0.563. The molecule has 0 amide bonds. The van der Waals surface area contributed by atoms with Gasteiger partial charge in [-0.3, -0.25) is 0 Å². The molecule has 0 saturated heterocycles. The molecule has 1 atom stereocenters. The second kappa shape index (κ2) is 7.67. The number of hydrazine groups is 1. The number of halogens is 3. The van der Waals surface area contributed by atoms with Gasteiger partial charge in [0.2, 0.25) is 0 Å². The van der Waals surface area contributed by atoms with Crippen molar-refractivity contribution in [3.05, 3.63) is 22.4 Å². The second-order valence-electron chi connectivity index (χ2n) is 4.05. The number of nitrogens with two attached hydrogens (primary N) is 1. The molecular weight excluding hydrogens is 246 g/mol. The molecule has 0 aliphatic carbocycles. The first-order chi connectivity index (χ1) is 7.86. The van der Waals surface area contributed by atoms with E-state index in [9.17, 15) is 8.78 Å². The fraction of sp³-hybridized carbons (Fsp3) is 0.667. The molecular formula is C12H21ClF2N2. The molecule has 0 aliphatic rings. The summed E-state index contributed by atoms with van der Waals surface area (Å²) in [7, 11) is 1.54. The largest absolute Gasteiger partial charge is 0.304 e. The van der Waals surface area contributed by atoms with Gasteiger partial charge in [0.15, 0.2) is 0 Å². The zero-order valence-electron chi connectivity index (χ0n) is 10.8. The number of rotatable bonds is 6. The Bertz CT molecular complexity index is 299. The summed E-state index contributed by atoms with van der Waals surface area (Å²) in [5.41, 5.74) is 0.407. The summed E-state index contributed by atoms with van der Waals surface area (Å²) >= 11 is 6.04. The highest BCUT2D eigenvalue weighted by molar-refractivity contribution is 6.29. The van der Waals surface area contributed by atoms with Crippen molar-refractivity contribution in [3.8, 4) is 0 Å². The van der Waals surface area contributed by atoms with E-state index in [1.165, 1.54) is 11.1 Å². The summed E-state index contributed by atoms with van der Waals surface area (Å²) in [5.74, 6) is 5.49. The molecule has 0 spiro atoms. The lowest BCUT2D eigenvalue weighted by Gasteiger charge is -2.23. The highest BCUT2D eigenvalue weighted by atomic mass is 35.5. The quantitative estimate of drug-likeness (QED) is 0.342. The van der Waals surface area contributed by atoms with Crippen molar-refractivity contribution < 1.29 is 8.78 Å². The van der Waals surface area contributed by atoms with Crippen molar-refractivity contribution in [2.75, 3.05) is 7.05 Å². The van der Waals surface area contributed by atoms with Crippen LogP contribution in [0.2, 0.25) is 0 Å². The fourth-order valence-corrected chi connectivity index (χ4v) is 2.07. The zero-order valence-corrected chi connectivity index (χ0v) is 11.6. The number of hydrogen-bond donors (Lipinski definition) is 1. The van der Waals surface area contributed by atoms with Gasteiger partial charge in [-0.25, -0.2) is 14.6 Å². The third-order valence-electron chi connectivity index (χ3n) is 2.60. The van der Waals surface area contributed by atoms with Gasteiger partial charge in [0.1, 0.15) is 5.16 Å². The molecule has 0 rings (SSSR count). The van der Waals surface area contributed by atoms with E-state index in [-0.39, 0.29) is 16.6 Å². The molecule has 5 heteroatoms. The van der Waals surface area contributed by atoms with Gasteiger partial charge in [0.25, 0.3) is 6.43 Å². The van der Waals surface area contributed by atoms with E-state index in [2.05, 4.69) is 0 Å². The van der Waals surface area contributed by atoms with Crippen LogP contribution in [-0.2, 0) is 0 Å². The third-order valence-corrected chi connectivity index (χ3v) is 3.07. The molecule has 0 saturated carbocycles. The van der Waals surface area contributed by atoms with Crippen LogP contribution in [0.15, 0.2) is 22.4 Å². The predicted molar refractivity (Wildman–Crippen MR) is 68.7 cm³/mol. The van der Waals surface area contributed by atoms with Crippen LogP contribution in [0.3, 0.4) is 0 Å². The maximum Gasteiger partial charge on any atom is 0.263 e. The molecule has 0 bridgehead atoms. The number of allylic oxidation sites excluding steroid dienone is 3. The Morgan fingerprint density at radius 2 is 2.00 bits per heavy atom. The molecule has 0 aromatic rings. The van der Waals surface area contributed by atoms with E-state index in [0.717, 1.165) is 12.8 Å². The molecule has 0 aromatic heterocycles. The summed E-state index contributed by atoms with van der Waals surface area (Å²) in [6.45, 7) is 5.48. The van der Waals surface area contributed by atoms with E-state index in [1.54, 1.807) is 14.0 Å². The van der Waals surface area contributed by atoms with E-state index < -0.39 is 6.43 Å². The van der Waals surface area contributed by atoms with Gasteiger partial charge in [-0.1, -0.05) is 37.9 Å². The standard InChI is InChI=1S/C12H21ClF2N2/c1-5-7-8(3)10(11(13)17(4)16)9(6-2)12(14)15/h6,8,12H,5,7,16H2,1-4H3/b9-6+,11-10?. The minimum atomic E-state index is -2.54. The minimum absolute atomic E-state index is 0.0340. The monoisotopic (exact) mass is 266 g/mol. The first kappa shape index (κ1) is 16.4. The molecule has 0 radical (unpaired) electrons. The van der Waals surface area contributed by atoms with Crippen LogP contribution in [0, 0.1) is 5.92 Å². The van der Waals surface area contributed by atoms with Gasteiger partial charge in [-0.15, -0.1) is 0 Å². The van der Waals surface area contributed by atoms with Gasteiger partial charge < -0.3 is 5.01 Å². The third kappa shape index (κ3) is 4.64.